The fraction of sp³-hybridized carbons (Fsp3) is 0.250. The second-order valence-corrected chi connectivity index (χ2v) is 3.20. The molecule has 0 aliphatic rings. The Morgan fingerprint density at radius 2 is 2.20 bits per heavy atom. The molecule has 0 aromatic carbocycles. The molecule has 0 unspecified atom stereocenters. The molecule has 0 atom stereocenters. The van der Waals surface area contributed by atoms with Crippen LogP contribution >= 0.6 is 12.2 Å². The average Bonchev–Trinajstić information content (AvgIpc) is 2.14. The zero-order valence-electron chi connectivity index (χ0n) is 7.51. The summed E-state index contributed by atoms with van der Waals surface area (Å²) in [4.78, 5) is 3.82. The fourth-order valence-electron chi connectivity index (χ4n) is 0.871. The van der Waals surface area contributed by atoms with Crippen molar-refractivity contribution >= 4 is 23.0 Å². The number of hydrogen-bond acceptors (Lipinski definition) is 3. The van der Waals surface area contributed by atoms with Gasteiger partial charge in [0.1, 0.15) is 17.4 Å². The van der Waals surface area contributed by atoms with E-state index in [1.165, 1.54) is 18.3 Å². The van der Waals surface area contributed by atoms with E-state index in [0.717, 1.165) is 0 Å². The summed E-state index contributed by atoms with van der Waals surface area (Å²) in [6.45, 7) is -1.14. The van der Waals surface area contributed by atoms with Gasteiger partial charge in [0.2, 0.25) is 0 Å². The van der Waals surface area contributed by atoms with E-state index in [2.05, 4.69) is 22.5 Å². The molecule has 15 heavy (non-hydrogen) atoms. The highest BCUT2D eigenvalue weighted by atomic mass is 32.1. The predicted molar refractivity (Wildman–Crippen MR) is 54.7 cm³/mol. The van der Waals surface area contributed by atoms with E-state index in [4.69, 9.17) is 5.73 Å². The number of anilines is 1. The quantitative estimate of drug-likeness (QED) is 0.783. The summed E-state index contributed by atoms with van der Waals surface area (Å²) in [7, 11) is 0. The Hall–Kier alpha value is -1.37. The molecule has 0 amide bonds. The van der Waals surface area contributed by atoms with Gasteiger partial charge in [-0.1, -0.05) is 12.2 Å². The van der Waals surface area contributed by atoms with Gasteiger partial charge in [-0.3, -0.25) is 0 Å². The predicted octanol–water partition coefficient (Wildman–Crippen LogP) is 1.69. The smallest absolute Gasteiger partial charge is 0.389 e. The molecule has 0 aliphatic heterocycles. The summed E-state index contributed by atoms with van der Waals surface area (Å²) in [6, 6.07) is 2.90. The van der Waals surface area contributed by atoms with E-state index in [1.54, 1.807) is 0 Å². The van der Waals surface area contributed by atoms with E-state index in [-0.39, 0.29) is 10.8 Å². The number of pyridine rings is 1. The van der Waals surface area contributed by atoms with Crippen LogP contribution in [-0.4, -0.2) is 22.7 Å². The Balaban J connectivity index is 2.70. The molecule has 1 heterocycles. The monoisotopic (exact) mass is 235 g/mol. The number of halogens is 3. The second kappa shape index (κ2) is 4.43. The van der Waals surface area contributed by atoms with Crippen LogP contribution in [0.25, 0.3) is 0 Å². The van der Waals surface area contributed by atoms with Crippen molar-refractivity contribution in [2.75, 3.05) is 11.9 Å². The number of nitrogens with one attached hydrogen (secondary N) is 1. The van der Waals surface area contributed by atoms with Crippen molar-refractivity contribution in [3.63, 3.8) is 0 Å². The largest absolute Gasteiger partial charge is 0.405 e. The SMILES string of the molecule is NC(=S)c1ccnc(NCC(F)(F)F)c1. The molecule has 0 aliphatic carbocycles. The number of nitrogens with zero attached hydrogens (tertiary/aromatic N) is 1. The zero-order valence-corrected chi connectivity index (χ0v) is 8.32. The molecule has 82 valence electrons. The molecule has 0 saturated carbocycles. The van der Waals surface area contributed by atoms with Crippen LogP contribution in [0.3, 0.4) is 0 Å². The van der Waals surface area contributed by atoms with Gasteiger partial charge in [-0.15, -0.1) is 0 Å². The van der Waals surface area contributed by atoms with E-state index >= 15 is 0 Å². The molecule has 3 N–H and O–H groups in total. The lowest BCUT2D eigenvalue weighted by Gasteiger charge is -2.09. The highest BCUT2D eigenvalue weighted by Crippen LogP contribution is 2.15. The molecule has 3 nitrogen and oxygen atoms in total. The van der Waals surface area contributed by atoms with E-state index in [0.29, 0.717) is 5.56 Å². The lowest BCUT2D eigenvalue weighted by Crippen LogP contribution is -2.22. The van der Waals surface area contributed by atoms with Crippen LogP contribution < -0.4 is 11.1 Å². The van der Waals surface area contributed by atoms with Gasteiger partial charge in [-0.2, -0.15) is 13.2 Å². The highest BCUT2D eigenvalue weighted by Gasteiger charge is 2.26. The Labute approximate surface area is 89.5 Å². The molecule has 0 radical (unpaired) electrons. The Morgan fingerprint density at radius 1 is 1.53 bits per heavy atom. The van der Waals surface area contributed by atoms with Gasteiger partial charge >= 0.3 is 6.18 Å². The minimum Gasteiger partial charge on any atom is -0.389 e. The Morgan fingerprint density at radius 3 is 2.73 bits per heavy atom. The summed E-state index contributed by atoms with van der Waals surface area (Å²) < 4.78 is 35.6. The highest BCUT2D eigenvalue weighted by molar-refractivity contribution is 7.80. The van der Waals surface area contributed by atoms with Crippen molar-refractivity contribution in [2.24, 2.45) is 5.73 Å². The van der Waals surface area contributed by atoms with Gasteiger partial charge in [0.25, 0.3) is 0 Å². The minimum atomic E-state index is -4.28. The third-order valence-corrected chi connectivity index (χ3v) is 1.75. The van der Waals surface area contributed by atoms with Gasteiger partial charge < -0.3 is 11.1 Å². The number of nitrogens with two attached hydrogens (primary N) is 1. The molecule has 0 bridgehead atoms. The number of rotatable bonds is 3. The summed E-state index contributed by atoms with van der Waals surface area (Å²) >= 11 is 4.68. The average molecular weight is 235 g/mol. The lowest BCUT2D eigenvalue weighted by atomic mass is 10.2. The molecule has 0 saturated heterocycles. The van der Waals surface area contributed by atoms with Crippen LogP contribution in [0.5, 0.6) is 0 Å². The van der Waals surface area contributed by atoms with Crippen LogP contribution in [0.15, 0.2) is 18.3 Å². The summed E-state index contributed by atoms with van der Waals surface area (Å²) in [5, 5.41) is 2.13. The zero-order chi connectivity index (χ0) is 11.5. The number of alkyl halides is 3. The van der Waals surface area contributed by atoms with E-state index in [1.807, 2.05) is 0 Å². The molecule has 0 spiro atoms. The first-order valence-electron chi connectivity index (χ1n) is 3.95. The number of hydrogen-bond donors (Lipinski definition) is 2. The topological polar surface area (TPSA) is 50.9 Å². The van der Waals surface area contributed by atoms with Gasteiger partial charge in [-0.05, 0) is 12.1 Å². The maximum Gasteiger partial charge on any atom is 0.405 e. The minimum absolute atomic E-state index is 0.0950. The maximum absolute atomic E-state index is 11.9. The van der Waals surface area contributed by atoms with E-state index in [9.17, 15) is 13.2 Å². The van der Waals surface area contributed by atoms with Gasteiger partial charge in [0.05, 0.1) is 0 Å². The van der Waals surface area contributed by atoms with Crippen LogP contribution in [-0.2, 0) is 0 Å². The fourth-order valence-corrected chi connectivity index (χ4v) is 0.998. The summed E-state index contributed by atoms with van der Waals surface area (Å²) in [5.41, 5.74) is 5.79. The van der Waals surface area contributed by atoms with Crippen molar-refractivity contribution in [1.82, 2.24) is 4.98 Å². The molecule has 1 aromatic heterocycles. The first-order chi connectivity index (χ1) is 6.88. The number of thiocarbonyl (C=S) groups is 1. The van der Waals surface area contributed by atoms with Crippen molar-refractivity contribution < 1.29 is 13.2 Å². The van der Waals surface area contributed by atoms with Crippen molar-refractivity contribution in [2.45, 2.75) is 6.18 Å². The van der Waals surface area contributed by atoms with Gasteiger partial charge in [0.15, 0.2) is 0 Å². The van der Waals surface area contributed by atoms with Crippen molar-refractivity contribution in [1.29, 1.82) is 0 Å². The third kappa shape index (κ3) is 4.11. The van der Waals surface area contributed by atoms with Crippen LogP contribution in [0.4, 0.5) is 19.0 Å². The Kier molecular flexibility index (Phi) is 3.46. The molecule has 0 fully saturated rings. The second-order valence-electron chi connectivity index (χ2n) is 2.76. The molecular formula is C8H8F3N3S. The van der Waals surface area contributed by atoms with Gasteiger partial charge in [-0.25, -0.2) is 4.98 Å². The summed E-state index contributed by atoms with van der Waals surface area (Å²) in [6.07, 6.45) is -2.94. The van der Waals surface area contributed by atoms with Crippen LogP contribution in [0.1, 0.15) is 5.56 Å². The van der Waals surface area contributed by atoms with Gasteiger partial charge in [0, 0.05) is 11.8 Å². The lowest BCUT2D eigenvalue weighted by molar-refractivity contribution is -0.115. The van der Waals surface area contributed by atoms with Crippen molar-refractivity contribution in [3.05, 3.63) is 23.9 Å². The Bertz CT molecular complexity index is 364. The maximum atomic E-state index is 11.9. The normalized spacial score (nSPS) is 11.1. The number of aromatic nitrogens is 1. The van der Waals surface area contributed by atoms with Crippen molar-refractivity contribution in [3.8, 4) is 0 Å². The first kappa shape index (κ1) is 11.7. The third-order valence-electron chi connectivity index (χ3n) is 1.51. The molecule has 1 aromatic rings. The molecule has 7 heteroatoms. The summed E-state index contributed by atoms with van der Waals surface area (Å²) in [5.74, 6) is 0.0950. The van der Waals surface area contributed by atoms with E-state index < -0.39 is 12.7 Å². The van der Waals surface area contributed by atoms with Crippen LogP contribution in [0, 0.1) is 0 Å². The standard InChI is InChI=1S/C8H8F3N3S/c9-8(10,11)4-14-6-3-5(7(12)15)1-2-13-6/h1-3H,4H2,(H2,12,15)(H,13,14). The molecule has 1 rings (SSSR count). The molecular weight excluding hydrogens is 227 g/mol. The van der Waals surface area contributed by atoms with Crippen LogP contribution in [0.2, 0.25) is 0 Å². The first-order valence-corrected chi connectivity index (χ1v) is 4.36.